The molecule has 0 amide bonds. The molecule has 1 aromatic carbocycles. The number of aryl methyl sites for hydroxylation is 1. The zero-order chi connectivity index (χ0) is 12.3. The molecule has 6 heteroatoms. The number of nitrogens with zero attached hydrogens (tertiary/aromatic N) is 1. The number of methoxy groups -OCH3 is 1. The lowest BCUT2D eigenvalue weighted by Crippen LogP contribution is -2.08. The largest absolute Gasteiger partial charge is 0.465 e. The van der Waals surface area contributed by atoms with E-state index in [1.807, 2.05) is 0 Å². The first kappa shape index (κ1) is 12.6. The van der Waals surface area contributed by atoms with Crippen molar-refractivity contribution in [3.05, 3.63) is 38.9 Å². The molecule has 0 saturated heterocycles. The molecule has 0 spiro atoms. The van der Waals surface area contributed by atoms with E-state index in [0.717, 1.165) is 5.56 Å². The number of ether oxygens (including phenoxy) is 1. The summed E-state index contributed by atoms with van der Waals surface area (Å²) in [6.07, 6.45) is 0. The Morgan fingerprint density at radius 2 is 2.19 bits per heavy atom. The predicted molar refractivity (Wildman–Crippen MR) is 61.8 cm³/mol. The van der Waals surface area contributed by atoms with E-state index in [2.05, 4.69) is 20.7 Å². The van der Waals surface area contributed by atoms with Crippen LogP contribution in [0, 0.1) is 17.0 Å². The maximum absolute atomic E-state index is 11.4. The van der Waals surface area contributed by atoms with Crippen molar-refractivity contribution in [3.8, 4) is 0 Å². The molecule has 0 aromatic heterocycles. The van der Waals surface area contributed by atoms with E-state index in [-0.39, 0.29) is 11.3 Å². The Morgan fingerprint density at radius 3 is 2.62 bits per heavy atom. The Balaban J connectivity index is 3.50. The summed E-state index contributed by atoms with van der Waals surface area (Å²) in [5.74, 6) is -0.697. The average molecular weight is 288 g/mol. The van der Waals surface area contributed by atoms with Crippen LogP contribution in [0.4, 0.5) is 5.69 Å². The molecule has 0 radical (unpaired) electrons. The molecule has 1 rings (SSSR count). The Hall–Kier alpha value is -1.43. The molecule has 0 saturated carbocycles. The second-order valence-corrected chi connectivity index (χ2v) is 3.76. The summed E-state index contributed by atoms with van der Waals surface area (Å²) in [7, 11) is 1.20. The smallest absolute Gasteiger partial charge is 0.344 e. The SMILES string of the molecule is COC(=O)c1cc(C)cc(CBr)c1[N+](=O)[O-]. The Labute approximate surface area is 101 Å². The fourth-order valence-electron chi connectivity index (χ4n) is 1.44. The molecular weight excluding hydrogens is 278 g/mol. The molecule has 0 bridgehead atoms. The summed E-state index contributed by atoms with van der Waals surface area (Å²) >= 11 is 3.16. The monoisotopic (exact) mass is 287 g/mol. The highest BCUT2D eigenvalue weighted by molar-refractivity contribution is 9.08. The molecule has 0 atom stereocenters. The lowest BCUT2D eigenvalue weighted by atomic mass is 10.0. The van der Waals surface area contributed by atoms with E-state index in [9.17, 15) is 14.9 Å². The van der Waals surface area contributed by atoms with Crippen molar-refractivity contribution in [2.45, 2.75) is 12.3 Å². The first-order valence-corrected chi connectivity index (χ1v) is 5.55. The highest BCUT2D eigenvalue weighted by Gasteiger charge is 2.25. The topological polar surface area (TPSA) is 69.4 Å². The van der Waals surface area contributed by atoms with Gasteiger partial charge in [-0.3, -0.25) is 10.1 Å². The van der Waals surface area contributed by atoms with Crippen LogP contribution in [0.25, 0.3) is 0 Å². The molecule has 0 aliphatic carbocycles. The van der Waals surface area contributed by atoms with E-state index < -0.39 is 10.9 Å². The molecule has 0 N–H and O–H groups in total. The minimum absolute atomic E-state index is 0.0121. The van der Waals surface area contributed by atoms with Crippen molar-refractivity contribution in [1.82, 2.24) is 0 Å². The fraction of sp³-hybridized carbons (Fsp3) is 0.300. The summed E-state index contributed by atoms with van der Waals surface area (Å²) in [4.78, 5) is 21.8. The number of rotatable bonds is 3. The van der Waals surface area contributed by atoms with Crippen LogP contribution in [0.5, 0.6) is 0 Å². The number of esters is 1. The Kier molecular flexibility index (Phi) is 4.00. The van der Waals surface area contributed by atoms with E-state index in [4.69, 9.17) is 0 Å². The number of carbonyl (C=O) groups excluding carboxylic acids is 1. The first-order chi connectivity index (χ1) is 7.51. The molecule has 0 unspecified atom stereocenters. The van der Waals surface area contributed by atoms with Crippen molar-refractivity contribution in [1.29, 1.82) is 0 Å². The molecule has 5 nitrogen and oxygen atoms in total. The van der Waals surface area contributed by atoms with Crippen molar-refractivity contribution in [3.63, 3.8) is 0 Å². The summed E-state index contributed by atoms with van der Waals surface area (Å²) in [5, 5.41) is 11.2. The lowest BCUT2D eigenvalue weighted by Gasteiger charge is -2.06. The number of hydrogen-bond acceptors (Lipinski definition) is 4. The normalized spacial score (nSPS) is 9.94. The quantitative estimate of drug-likeness (QED) is 0.371. The van der Waals surface area contributed by atoms with Crippen LogP contribution >= 0.6 is 15.9 Å². The van der Waals surface area contributed by atoms with Gasteiger partial charge in [-0.25, -0.2) is 4.79 Å². The minimum atomic E-state index is -0.697. The lowest BCUT2D eigenvalue weighted by molar-refractivity contribution is -0.385. The Bertz CT molecular complexity index is 445. The van der Waals surface area contributed by atoms with Crippen molar-refractivity contribution < 1.29 is 14.5 Å². The fourth-order valence-corrected chi connectivity index (χ4v) is 1.86. The second kappa shape index (κ2) is 5.07. The van der Waals surface area contributed by atoms with Crippen molar-refractivity contribution >= 4 is 27.6 Å². The number of hydrogen-bond donors (Lipinski definition) is 0. The molecule has 0 fully saturated rings. The van der Waals surface area contributed by atoms with Gasteiger partial charge in [0.05, 0.1) is 12.0 Å². The average Bonchev–Trinajstić information content (AvgIpc) is 2.26. The minimum Gasteiger partial charge on any atom is -0.465 e. The van der Waals surface area contributed by atoms with Crippen LogP contribution in [0.15, 0.2) is 12.1 Å². The summed E-state index contributed by atoms with van der Waals surface area (Å²) in [5.41, 5.74) is 1.03. The maximum atomic E-state index is 11.4. The van der Waals surface area contributed by atoms with Gasteiger partial charge in [0.25, 0.3) is 5.69 Å². The van der Waals surface area contributed by atoms with E-state index in [0.29, 0.717) is 10.9 Å². The maximum Gasteiger partial charge on any atom is 0.344 e. The Morgan fingerprint density at radius 1 is 1.56 bits per heavy atom. The van der Waals surface area contributed by atoms with Crippen molar-refractivity contribution in [2.24, 2.45) is 0 Å². The van der Waals surface area contributed by atoms with E-state index in [1.54, 1.807) is 13.0 Å². The van der Waals surface area contributed by atoms with Gasteiger partial charge in [0.15, 0.2) is 0 Å². The molecular formula is C10H10BrNO4. The molecule has 1 aromatic rings. The van der Waals surface area contributed by atoms with Crippen LogP contribution < -0.4 is 0 Å². The number of alkyl halides is 1. The van der Waals surface area contributed by atoms with Gasteiger partial charge < -0.3 is 4.74 Å². The highest BCUT2D eigenvalue weighted by Crippen LogP contribution is 2.28. The van der Waals surface area contributed by atoms with Gasteiger partial charge in [-0.05, 0) is 24.6 Å². The number of benzene rings is 1. The molecule has 0 aliphatic heterocycles. The van der Waals surface area contributed by atoms with Crippen LogP contribution in [0.2, 0.25) is 0 Å². The third kappa shape index (κ3) is 2.38. The van der Waals surface area contributed by atoms with Gasteiger partial charge in [-0.2, -0.15) is 0 Å². The number of halogens is 1. The molecule has 16 heavy (non-hydrogen) atoms. The first-order valence-electron chi connectivity index (χ1n) is 4.43. The summed E-state index contributed by atoms with van der Waals surface area (Å²) in [6.45, 7) is 1.77. The summed E-state index contributed by atoms with van der Waals surface area (Å²) < 4.78 is 4.52. The zero-order valence-corrected chi connectivity index (χ0v) is 10.4. The second-order valence-electron chi connectivity index (χ2n) is 3.20. The van der Waals surface area contributed by atoms with E-state index >= 15 is 0 Å². The standard InChI is InChI=1S/C10H10BrNO4/c1-6-3-7(5-11)9(12(14)15)8(4-6)10(13)16-2/h3-4H,5H2,1-2H3. The van der Waals surface area contributed by atoms with Gasteiger partial charge in [0.1, 0.15) is 5.56 Å². The molecule has 0 heterocycles. The van der Waals surface area contributed by atoms with Gasteiger partial charge in [0.2, 0.25) is 0 Å². The van der Waals surface area contributed by atoms with Crippen LogP contribution in [0.1, 0.15) is 21.5 Å². The van der Waals surface area contributed by atoms with Gasteiger partial charge in [-0.1, -0.05) is 15.9 Å². The van der Waals surface area contributed by atoms with Crippen LogP contribution in [0.3, 0.4) is 0 Å². The zero-order valence-electron chi connectivity index (χ0n) is 8.82. The van der Waals surface area contributed by atoms with E-state index in [1.165, 1.54) is 13.2 Å². The molecule has 0 aliphatic rings. The molecule has 86 valence electrons. The number of nitro groups is 1. The van der Waals surface area contributed by atoms with Gasteiger partial charge in [-0.15, -0.1) is 0 Å². The third-order valence-corrected chi connectivity index (χ3v) is 2.67. The predicted octanol–water partition coefficient (Wildman–Crippen LogP) is 2.58. The van der Waals surface area contributed by atoms with Crippen LogP contribution in [-0.4, -0.2) is 18.0 Å². The van der Waals surface area contributed by atoms with Crippen LogP contribution in [-0.2, 0) is 10.1 Å². The number of nitro benzene ring substituents is 1. The van der Waals surface area contributed by atoms with Crippen molar-refractivity contribution in [2.75, 3.05) is 7.11 Å². The number of carbonyl (C=O) groups is 1. The third-order valence-electron chi connectivity index (χ3n) is 2.07. The van der Waals surface area contributed by atoms with Gasteiger partial charge >= 0.3 is 5.97 Å². The summed E-state index contributed by atoms with van der Waals surface area (Å²) in [6, 6.07) is 3.12. The highest BCUT2D eigenvalue weighted by atomic mass is 79.9. The van der Waals surface area contributed by atoms with Gasteiger partial charge in [0, 0.05) is 10.9 Å².